The maximum absolute atomic E-state index is 13.4. The number of amides is 3. The molecule has 1 saturated heterocycles. The highest BCUT2D eigenvalue weighted by atomic mass is 32.1. The van der Waals surface area contributed by atoms with Crippen LogP contribution in [0.15, 0.2) is 48.5 Å². The van der Waals surface area contributed by atoms with Gasteiger partial charge in [-0.1, -0.05) is 6.07 Å². The molecule has 5 rings (SSSR count). The Balaban J connectivity index is 1.45. The van der Waals surface area contributed by atoms with Crippen LogP contribution in [0, 0.1) is 6.92 Å². The summed E-state index contributed by atoms with van der Waals surface area (Å²) in [7, 11) is 1.64. The van der Waals surface area contributed by atoms with Gasteiger partial charge in [-0.3, -0.25) is 9.69 Å². The van der Waals surface area contributed by atoms with Crippen molar-refractivity contribution in [3.8, 4) is 21.9 Å². The second-order valence-corrected chi connectivity index (χ2v) is 9.37. The Morgan fingerprint density at radius 1 is 1.15 bits per heavy atom. The Kier molecular flexibility index (Phi) is 5.68. The van der Waals surface area contributed by atoms with Gasteiger partial charge in [-0.2, -0.15) is 0 Å². The topological polar surface area (TPSA) is 71.1 Å². The quantitative estimate of drug-likeness (QED) is 0.626. The summed E-state index contributed by atoms with van der Waals surface area (Å²) in [6.45, 7) is 4.52. The molecule has 0 atom stereocenters. The first-order chi connectivity index (χ1) is 16.0. The molecule has 170 valence electrons. The van der Waals surface area contributed by atoms with Crippen molar-refractivity contribution in [3.63, 3.8) is 0 Å². The second-order valence-electron chi connectivity index (χ2n) is 8.09. The maximum Gasteiger partial charge on any atom is 0.321 e. The van der Waals surface area contributed by atoms with Gasteiger partial charge in [-0.15, -0.1) is 11.3 Å². The number of fused-ring (bicyclic) bond motifs is 1. The summed E-state index contributed by atoms with van der Waals surface area (Å²) in [4.78, 5) is 31.3. The van der Waals surface area contributed by atoms with Crippen molar-refractivity contribution in [2.75, 3.05) is 38.3 Å². The smallest absolute Gasteiger partial charge is 0.321 e. The summed E-state index contributed by atoms with van der Waals surface area (Å²) in [6.07, 6.45) is 0. The molecule has 1 fully saturated rings. The zero-order valence-corrected chi connectivity index (χ0v) is 19.4. The lowest BCUT2D eigenvalue weighted by molar-refractivity contribution is 0.0733. The number of thiophene rings is 1. The number of carbonyl (C=O) groups excluding carboxylic acids is 2. The first-order valence-electron chi connectivity index (χ1n) is 10.9. The molecule has 0 aliphatic carbocycles. The predicted molar refractivity (Wildman–Crippen MR) is 128 cm³/mol. The normalized spacial score (nSPS) is 15.5. The van der Waals surface area contributed by atoms with Gasteiger partial charge in [0.25, 0.3) is 5.91 Å². The number of hydrogen-bond acceptors (Lipinski definition) is 5. The number of methoxy groups -OCH3 is 1. The van der Waals surface area contributed by atoms with Gasteiger partial charge < -0.3 is 19.7 Å². The molecule has 0 saturated carbocycles. The van der Waals surface area contributed by atoms with Crippen molar-refractivity contribution in [1.29, 1.82) is 0 Å². The van der Waals surface area contributed by atoms with E-state index < -0.39 is 0 Å². The van der Waals surface area contributed by atoms with Crippen LogP contribution in [-0.4, -0.2) is 50.2 Å². The van der Waals surface area contributed by atoms with E-state index in [0.29, 0.717) is 49.8 Å². The average Bonchev–Trinajstić information content (AvgIpc) is 3.40. The zero-order chi connectivity index (χ0) is 22.9. The first kappa shape index (κ1) is 21.3. The Hall–Kier alpha value is -3.52. The number of rotatable bonds is 4. The van der Waals surface area contributed by atoms with Gasteiger partial charge >= 0.3 is 6.03 Å². The van der Waals surface area contributed by atoms with Crippen LogP contribution in [0.1, 0.15) is 20.8 Å². The minimum Gasteiger partial charge on any atom is -0.493 e. The molecule has 1 N–H and O–H groups in total. The highest BCUT2D eigenvalue weighted by Gasteiger charge is 2.26. The largest absolute Gasteiger partial charge is 0.493 e. The van der Waals surface area contributed by atoms with Crippen LogP contribution in [0.5, 0.6) is 11.5 Å². The number of benzene rings is 2. The molecule has 3 amide bonds. The minimum absolute atomic E-state index is 0.0933. The summed E-state index contributed by atoms with van der Waals surface area (Å²) < 4.78 is 11.7. The molecule has 33 heavy (non-hydrogen) atoms. The van der Waals surface area contributed by atoms with E-state index in [2.05, 4.69) is 30.4 Å². The summed E-state index contributed by atoms with van der Waals surface area (Å²) in [5.74, 6) is 1.27. The predicted octanol–water partition coefficient (Wildman–Crippen LogP) is 4.30. The van der Waals surface area contributed by atoms with Crippen LogP contribution in [0.2, 0.25) is 0 Å². The fourth-order valence-corrected chi connectivity index (χ4v) is 5.10. The number of anilines is 1. The fourth-order valence-electron chi connectivity index (χ4n) is 4.25. The molecule has 0 unspecified atom stereocenters. The monoisotopic (exact) mass is 463 g/mol. The number of ether oxygens (including phenoxy) is 2. The lowest BCUT2D eigenvalue weighted by Gasteiger charge is -2.21. The van der Waals surface area contributed by atoms with Gasteiger partial charge in [-0.05, 0) is 55.0 Å². The number of urea groups is 1. The maximum atomic E-state index is 13.4. The van der Waals surface area contributed by atoms with E-state index >= 15 is 0 Å². The Morgan fingerprint density at radius 3 is 2.76 bits per heavy atom. The standard InChI is InChI=1S/C25H25N3O4S/c1-16-6-7-22(33-16)18-12-19-15-27(10-11-32-23(19)21(14-18)31-2)24(29)17-4-3-5-20(13-17)28-9-8-26-25(28)30/h3-7,12-14H,8-11,15H2,1-2H3,(H,26,30). The molecule has 0 radical (unpaired) electrons. The van der Waals surface area contributed by atoms with Crippen LogP contribution in [0.25, 0.3) is 10.4 Å². The lowest BCUT2D eigenvalue weighted by atomic mass is 10.1. The van der Waals surface area contributed by atoms with E-state index in [1.165, 1.54) is 4.88 Å². The third kappa shape index (κ3) is 4.14. The van der Waals surface area contributed by atoms with Gasteiger partial charge in [0.05, 0.1) is 13.7 Å². The third-order valence-corrected chi connectivity index (χ3v) is 6.94. The van der Waals surface area contributed by atoms with Crippen LogP contribution >= 0.6 is 11.3 Å². The molecular formula is C25H25N3O4S. The number of aryl methyl sites for hydroxylation is 1. The molecule has 8 heteroatoms. The number of nitrogens with one attached hydrogen (secondary N) is 1. The van der Waals surface area contributed by atoms with Crippen LogP contribution < -0.4 is 19.7 Å². The fraction of sp³-hybridized carbons (Fsp3) is 0.280. The van der Waals surface area contributed by atoms with Gasteiger partial charge in [0, 0.05) is 46.2 Å². The molecule has 2 aromatic carbocycles. The van der Waals surface area contributed by atoms with E-state index in [0.717, 1.165) is 21.7 Å². The van der Waals surface area contributed by atoms with Gasteiger partial charge in [0.15, 0.2) is 11.5 Å². The average molecular weight is 464 g/mol. The molecular weight excluding hydrogens is 438 g/mol. The molecule has 3 heterocycles. The van der Waals surface area contributed by atoms with Gasteiger partial charge in [0.1, 0.15) is 6.61 Å². The molecule has 2 aliphatic heterocycles. The van der Waals surface area contributed by atoms with Crippen molar-refractivity contribution >= 4 is 29.0 Å². The van der Waals surface area contributed by atoms with E-state index in [1.54, 1.807) is 40.4 Å². The highest BCUT2D eigenvalue weighted by molar-refractivity contribution is 7.15. The molecule has 0 bridgehead atoms. The van der Waals surface area contributed by atoms with Crippen LogP contribution in [0.3, 0.4) is 0 Å². The summed E-state index contributed by atoms with van der Waals surface area (Å²) >= 11 is 1.72. The molecule has 3 aromatic rings. The lowest BCUT2D eigenvalue weighted by Crippen LogP contribution is -2.33. The number of carbonyl (C=O) groups is 2. The van der Waals surface area contributed by atoms with Crippen molar-refractivity contribution in [3.05, 3.63) is 64.5 Å². The van der Waals surface area contributed by atoms with Crippen molar-refractivity contribution in [1.82, 2.24) is 10.2 Å². The number of nitrogens with zero attached hydrogens (tertiary/aromatic N) is 2. The minimum atomic E-state index is -0.139. The van der Waals surface area contributed by atoms with Gasteiger partial charge in [-0.25, -0.2) is 4.79 Å². The third-order valence-electron chi connectivity index (χ3n) is 5.89. The van der Waals surface area contributed by atoms with E-state index in [4.69, 9.17) is 9.47 Å². The summed E-state index contributed by atoms with van der Waals surface area (Å²) in [5, 5.41) is 2.79. The highest BCUT2D eigenvalue weighted by Crippen LogP contribution is 2.40. The summed E-state index contributed by atoms with van der Waals surface area (Å²) in [5.41, 5.74) is 3.23. The zero-order valence-electron chi connectivity index (χ0n) is 18.6. The molecule has 2 aliphatic rings. The van der Waals surface area contributed by atoms with E-state index in [1.807, 2.05) is 18.2 Å². The van der Waals surface area contributed by atoms with Crippen LogP contribution in [0.4, 0.5) is 10.5 Å². The van der Waals surface area contributed by atoms with Crippen molar-refractivity contribution in [2.45, 2.75) is 13.5 Å². The second kappa shape index (κ2) is 8.78. The van der Waals surface area contributed by atoms with Crippen molar-refractivity contribution in [2.24, 2.45) is 0 Å². The SMILES string of the molecule is COc1cc(-c2ccc(C)s2)cc2c1OCCN(C(=O)c1cccc(N3CCNC3=O)c1)C2. The Bertz CT molecular complexity index is 1220. The van der Waals surface area contributed by atoms with E-state index in [9.17, 15) is 9.59 Å². The molecule has 7 nitrogen and oxygen atoms in total. The summed E-state index contributed by atoms with van der Waals surface area (Å²) in [6, 6.07) is 15.4. The Morgan fingerprint density at radius 2 is 2.03 bits per heavy atom. The Labute approximate surface area is 196 Å². The number of hydrogen-bond donors (Lipinski definition) is 1. The molecule has 1 aromatic heterocycles. The first-order valence-corrected chi connectivity index (χ1v) is 11.7. The van der Waals surface area contributed by atoms with Gasteiger partial charge in [0.2, 0.25) is 0 Å². The van der Waals surface area contributed by atoms with Crippen molar-refractivity contribution < 1.29 is 19.1 Å². The van der Waals surface area contributed by atoms with E-state index in [-0.39, 0.29) is 11.9 Å². The van der Waals surface area contributed by atoms with Crippen LogP contribution in [-0.2, 0) is 6.54 Å². The molecule has 0 spiro atoms.